The van der Waals surface area contributed by atoms with Crippen molar-refractivity contribution >= 4 is 33.8 Å². The number of aliphatic hydroxyl groups is 1. The molecule has 2 bridgehead atoms. The first kappa shape index (κ1) is 35.2. The Labute approximate surface area is 258 Å². The predicted molar refractivity (Wildman–Crippen MR) is 157 cm³/mol. The molecule has 2 amide bonds. The van der Waals surface area contributed by atoms with Gasteiger partial charge >= 0.3 is 29.9 Å². The second-order valence-corrected chi connectivity index (χ2v) is 12.8. The lowest BCUT2D eigenvalue weighted by molar-refractivity contribution is -0.271. The van der Waals surface area contributed by atoms with E-state index in [1.165, 1.54) is 24.3 Å². The largest absolute Gasteiger partial charge is 0.402 e. The van der Waals surface area contributed by atoms with Gasteiger partial charge in [-0.3, -0.25) is 4.79 Å². The first-order chi connectivity index (χ1) is 20.8. The van der Waals surface area contributed by atoms with Crippen LogP contribution in [-0.4, -0.2) is 127 Å². The summed E-state index contributed by atoms with van der Waals surface area (Å²) in [5, 5.41) is 11.9. The standard InChI is InChI=1S/C29H44N4O10S/c1-5-30(6-2)16-12-13-17-32-27(37)33(19-18-31(7-3)8-4)43-25(35)21-28(38)20-24(34)41-29(32,42-26(28)36)22-44(39,40)23-14-10-9-11-15-23/h9-11,14-15,38H,5-8,12-13,16-22H2,1-4H3. The molecule has 2 aliphatic rings. The number of rotatable bonds is 15. The van der Waals surface area contributed by atoms with Gasteiger partial charge < -0.3 is 29.2 Å². The Hall–Kier alpha value is -3.27. The number of carbonyl (C=O) groups excluding carboxylic acids is 4. The van der Waals surface area contributed by atoms with Crippen LogP contribution < -0.4 is 0 Å². The second kappa shape index (κ2) is 15.1. The smallest absolute Gasteiger partial charge is 0.361 e. The van der Waals surface area contributed by atoms with Crippen molar-refractivity contribution in [3.8, 4) is 0 Å². The summed E-state index contributed by atoms with van der Waals surface area (Å²) in [7, 11) is -4.38. The average Bonchev–Trinajstić information content (AvgIpc) is 3.07. The maximum absolute atomic E-state index is 14.3. The number of hydrogen-bond acceptors (Lipinski definition) is 12. The minimum Gasteiger partial charge on any atom is -0.402 e. The number of hydrogen-bond donors (Lipinski definition) is 1. The van der Waals surface area contributed by atoms with Crippen LogP contribution in [-0.2, 0) is 38.5 Å². The van der Waals surface area contributed by atoms with Gasteiger partial charge in [0.25, 0.3) is 0 Å². The number of ether oxygens (including phenoxy) is 2. The van der Waals surface area contributed by atoms with E-state index in [4.69, 9.17) is 14.3 Å². The fraction of sp³-hybridized carbons (Fsp3) is 0.655. The summed E-state index contributed by atoms with van der Waals surface area (Å²) in [6.45, 7) is 11.3. The number of amides is 2. The van der Waals surface area contributed by atoms with Gasteiger partial charge in [0.05, 0.1) is 24.3 Å². The highest BCUT2D eigenvalue weighted by molar-refractivity contribution is 7.91. The van der Waals surface area contributed by atoms with Crippen molar-refractivity contribution in [2.75, 3.05) is 58.1 Å². The Morgan fingerprint density at radius 1 is 0.818 bits per heavy atom. The van der Waals surface area contributed by atoms with Gasteiger partial charge in [0.15, 0.2) is 21.2 Å². The summed E-state index contributed by atoms with van der Waals surface area (Å²) < 4.78 is 38.6. The van der Waals surface area contributed by atoms with E-state index in [2.05, 4.69) is 4.90 Å². The Morgan fingerprint density at radius 2 is 1.41 bits per heavy atom. The van der Waals surface area contributed by atoms with Crippen LogP contribution in [0, 0.1) is 0 Å². The quantitative estimate of drug-likeness (QED) is 0.217. The van der Waals surface area contributed by atoms with Crippen molar-refractivity contribution in [1.29, 1.82) is 0 Å². The highest BCUT2D eigenvalue weighted by atomic mass is 32.2. The van der Waals surface area contributed by atoms with Crippen LogP contribution in [0.2, 0.25) is 0 Å². The zero-order chi connectivity index (χ0) is 32.5. The molecule has 44 heavy (non-hydrogen) atoms. The third-order valence-electron chi connectivity index (χ3n) is 7.84. The molecular formula is C29H44N4O10S. The van der Waals surface area contributed by atoms with E-state index < -0.39 is 63.9 Å². The highest BCUT2D eigenvalue weighted by Gasteiger charge is 2.60. The Kier molecular flexibility index (Phi) is 12.1. The summed E-state index contributed by atoms with van der Waals surface area (Å²) in [5.41, 5.74) is -2.72. The first-order valence-electron chi connectivity index (χ1n) is 15.0. The zero-order valence-corrected chi connectivity index (χ0v) is 26.7. The summed E-state index contributed by atoms with van der Waals surface area (Å²) in [6, 6.07) is 6.19. The van der Waals surface area contributed by atoms with E-state index in [1.807, 2.05) is 32.6 Å². The number of sulfone groups is 1. The maximum Gasteiger partial charge on any atom is 0.361 e. The van der Waals surface area contributed by atoms with E-state index in [0.29, 0.717) is 26.1 Å². The molecule has 2 atom stereocenters. The molecule has 0 aromatic heterocycles. The highest BCUT2D eigenvalue weighted by Crippen LogP contribution is 2.35. The van der Waals surface area contributed by atoms with Gasteiger partial charge in [-0.25, -0.2) is 27.7 Å². The fourth-order valence-electron chi connectivity index (χ4n) is 5.16. The number of carbonyl (C=O) groups is 4. The zero-order valence-electron chi connectivity index (χ0n) is 25.9. The lowest BCUT2D eigenvalue weighted by Gasteiger charge is -2.42. The number of likely N-dealkylation sites (N-methyl/N-ethyl adjacent to an activating group) is 1. The molecule has 15 heteroatoms. The fourth-order valence-corrected chi connectivity index (χ4v) is 6.65. The number of unbranched alkanes of at least 4 members (excludes halogenated alkanes) is 1. The molecule has 2 saturated heterocycles. The van der Waals surface area contributed by atoms with E-state index in [9.17, 15) is 32.7 Å². The summed E-state index contributed by atoms with van der Waals surface area (Å²) in [4.78, 5) is 63.9. The molecule has 2 heterocycles. The van der Waals surface area contributed by atoms with E-state index >= 15 is 0 Å². The van der Waals surface area contributed by atoms with E-state index in [0.717, 1.165) is 23.1 Å². The van der Waals surface area contributed by atoms with E-state index in [-0.39, 0.29) is 31.0 Å². The molecule has 3 rings (SSSR count). The number of urea groups is 1. The van der Waals surface area contributed by atoms with Gasteiger partial charge in [-0.05, 0) is 57.7 Å². The SMILES string of the molecule is CCN(CC)CCCCN1C(=O)N(CCN(CC)CC)OC(=O)CC2(O)CC(=O)OC1(CS(=O)(=O)c1ccccc1)OC2=O. The predicted octanol–water partition coefficient (Wildman–Crippen LogP) is 1.39. The lowest BCUT2D eigenvalue weighted by atomic mass is 9.96. The van der Waals surface area contributed by atoms with Crippen molar-refractivity contribution in [1.82, 2.24) is 19.8 Å². The van der Waals surface area contributed by atoms with Crippen molar-refractivity contribution in [3.63, 3.8) is 0 Å². The van der Waals surface area contributed by atoms with Crippen LogP contribution in [0.15, 0.2) is 35.2 Å². The first-order valence-corrected chi connectivity index (χ1v) is 16.7. The normalized spacial score (nSPS) is 23.1. The lowest BCUT2D eigenvalue weighted by Crippen LogP contribution is -2.64. The molecule has 1 aromatic carbocycles. The van der Waals surface area contributed by atoms with Gasteiger partial charge in [0.2, 0.25) is 0 Å². The van der Waals surface area contributed by atoms with Crippen LogP contribution in [0.25, 0.3) is 0 Å². The third kappa shape index (κ3) is 8.46. The van der Waals surface area contributed by atoms with Crippen LogP contribution in [0.4, 0.5) is 4.79 Å². The van der Waals surface area contributed by atoms with Crippen molar-refractivity contribution < 1.29 is 47.0 Å². The second-order valence-electron chi connectivity index (χ2n) is 10.8. The Balaban J connectivity index is 2.14. The minimum atomic E-state index is -4.38. The molecule has 2 aliphatic heterocycles. The van der Waals surface area contributed by atoms with Gasteiger partial charge in [0, 0.05) is 13.1 Å². The Bertz CT molecular complexity index is 1270. The van der Waals surface area contributed by atoms with Gasteiger partial charge in [-0.15, -0.1) is 0 Å². The molecule has 14 nitrogen and oxygen atoms in total. The minimum absolute atomic E-state index is 0.135. The molecule has 246 valence electrons. The van der Waals surface area contributed by atoms with Crippen molar-refractivity contribution in [2.24, 2.45) is 0 Å². The number of esters is 2. The molecule has 2 unspecified atom stereocenters. The maximum atomic E-state index is 14.3. The van der Waals surface area contributed by atoms with Crippen LogP contribution in [0.1, 0.15) is 53.4 Å². The van der Waals surface area contributed by atoms with Gasteiger partial charge in [0.1, 0.15) is 0 Å². The third-order valence-corrected chi connectivity index (χ3v) is 9.57. The molecule has 0 radical (unpaired) electrons. The number of benzene rings is 1. The average molecular weight is 641 g/mol. The molecule has 1 aromatic rings. The van der Waals surface area contributed by atoms with Crippen LogP contribution >= 0.6 is 0 Å². The summed E-state index contributed by atoms with van der Waals surface area (Å²) in [6.07, 6.45) is -1.20. The van der Waals surface area contributed by atoms with E-state index in [1.54, 1.807) is 6.07 Å². The summed E-state index contributed by atoms with van der Waals surface area (Å²) >= 11 is 0. The van der Waals surface area contributed by atoms with Crippen molar-refractivity contribution in [3.05, 3.63) is 30.3 Å². The molecule has 0 saturated carbocycles. The number of hydroxylamine groups is 2. The van der Waals surface area contributed by atoms with Gasteiger partial charge in [-0.1, -0.05) is 45.9 Å². The molecule has 2 fully saturated rings. The molecule has 0 spiro atoms. The summed E-state index contributed by atoms with van der Waals surface area (Å²) in [5.74, 6) is -7.83. The number of nitrogens with zero attached hydrogens (tertiary/aromatic N) is 4. The molecular weight excluding hydrogens is 596 g/mol. The van der Waals surface area contributed by atoms with Crippen molar-refractivity contribution in [2.45, 2.75) is 69.8 Å². The molecule has 0 aliphatic carbocycles. The topological polar surface area (TPSA) is 163 Å². The van der Waals surface area contributed by atoms with Gasteiger partial charge in [-0.2, -0.15) is 5.06 Å². The van der Waals surface area contributed by atoms with Crippen LogP contribution in [0.5, 0.6) is 0 Å². The number of fused-ring (bicyclic) bond motifs is 3. The molecule has 1 N–H and O–H groups in total. The monoisotopic (exact) mass is 640 g/mol. The Morgan fingerprint density at radius 3 is 2.02 bits per heavy atom. The van der Waals surface area contributed by atoms with Crippen LogP contribution in [0.3, 0.4) is 0 Å².